The first-order chi connectivity index (χ1) is 7.04. The molecule has 2 N–H and O–H groups in total. The zero-order valence-corrected chi connectivity index (χ0v) is 9.42. The number of hydrogen-bond acceptors (Lipinski definition) is 2. The van der Waals surface area contributed by atoms with Gasteiger partial charge in [0.05, 0.1) is 12.6 Å². The van der Waals surface area contributed by atoms with Gasteiger partial charge in [-0.3, -0.25) is 0 Å². The van der Waals surface area contributed by atoms with E-state index in [1.165, 1.54) is 6.07 Å². The van der Waals surface area contributed by atoms with Gasteiger partial charge in [-0.05, 0) is 13.0 Å². The highest BCUT2D eigenvalue weighted by atomic mass is 19.1. The fourth-order valence-corrected chi connectivity index (χ4v) is 1.57. The van der Waals surface area contributed by atoms with Crippen LogP contribution in [0.2, 0.25) is 0 Å². The van der Waals surface area contributed by atoms with Crippen molar-refractivity contribution in [3.8, 4) is 0 Å². The molecular weight excluding hydrogens is 193 g/mol. The summed E-state index contributed by atoms with van der Waals surface area (Å²) < 4.78 is 13.5. The van der Waals surface area contributed by atoms with Crippen LogP contribution in [-0.4, -0.2) is 17.8 Å². The molecule has 0 aromatic heterocycles. The number of halogens is 1. The third-order valence-electron chi connectivity index (χ3n) is 2.24. The van der Waals surface area contributed by atoms with E-state index in [1.54, 1.807) is 12.1 Å². The van der Waals surface area contributed by atoms with E-state index >= 15 is 0 Å². The molecule has 3 heteroatoms. The number of rotatable bonds is 4. The Morgan fingerprint density at radius 1 is 1.40 bits per heavy atom. The molecular formula is C12H18FNO. The molecule has 0 saturated carbocycles. The highest BCUT2D eigenvalue weighted by molar-refractivity contribution is 5.27. The van der Waals surface area contributed by atoms with Crippen LogP contribution < -0.4 is 5.32 Å². The fraction of sp³-hybridized carbons (Fsp3) is 0.500. The molecule has 0 aliphatic carbocycles. The summed E-state index contributed by atoms with van der Waals surface area (Å²) >= 11 is 0. The Labute approximate surface area is 90.1 Å². The smallest absolute Gasteiger partial charge is 0.128 e. The summed E-state index contributed by atoms with van der Waals surface area (Å²) in [7, 11) is 0. The van der Waals surface area contributed by atoms with E-state index in [9.17, 15) is 9.50 Å². The zero-order valence-electron chi connectivity index (χ0n) is 9.42. The third-order valence-corrected chi connectivity index (χ3v) is 2.24. The van der Waals surface area contributed by atoms with Crippen LogP contribution >= 0.6 is 0 Å². The Balaban J connectivity index is 2.95. The van der Waals surface area contributed by atoms with Gasteiger partial charge >= 0.3 is 0 Å². The maximum atomic E-state index is 13.5. The molecule has 0 heterocycles. The van der Waals surface area contributed by atoms with E-state index in [2.05, 4.69) is 5.32 Å². The number of aliphatic hydroxyl groups is 1. The lowest BCUT2D eigenvalue weighted by molar-refractivity contribution is 0.234. The van der Waals surface area contributed by atoms with Gasteiger partial charge in [-0.1, -0.05) is 31.5 Å². The predicted octanol–water partition coefficient (Wildman–Crippen LogP) is 2.17. The van der Waals surface area contributed by atoms with Crippen molar-refractivity contribution in [2.45, 2.75) is 32.9 Å². The van der Waals surface area contributed by atoms with Crippen LogP contribution in [0.1, 0.15) is 31.0 Å². The first-order valence-corrected chi connectivity index (χ1v) is 5.17. The van der Waals surface area contributed by atoms with Crippen LogP contribution in [0.4, 0.5) is 4.39 Å². The molecule has 0 aliphatic rings. The van der Waals surface area contributed by atoms with Crippen molar-refractivity contribution in [2.24, 2.45) is 0 Å². The maximum Gasteiger partial charge on any atom is 0.128 e. The SMILES string of the molecule is Cc1ccc(F)c(C(CO)NC(C)C)c1. The van der Waals surface area contributed by atoms with Gasteiger partial charge in [0.1, 0.15) is 5.82 Å². The normalized spacial score (nSPS) is 13.2. The number of aryl methyl sites for hydroxylation is 1. The molecule has 15 heavy (non-hydrogen) atoms. The van der Waals surface area contributed by atoms with Gasteiger partial charge in [-0.15, -0.1) is 0 Å². The molecule has 0 bridgehead atoms. The molecule has 1 atom stereocenters. The average molecular weight is 211 g/mol. The monoisotopic (exact) mass is 211 g/mol. The molecule has 84 valence electrons. The van der Waals surface area contributed by atoms with E-state index in [0.29, 0.717) is 5.56 Å². The summed E-state index contributed by atoms with van der Waals surface area (Å²) in [6.07, 6.45) is 0. The Morgan fingerprint density at radius 2 is 2.07 bits per heavy atom. The van der Waals surface area contributed by atoms with E-state index in [-0.39, 0.29) is 24.5 Å². The quantitative estimate of drug-likeness (QED) is 0.800. The summed E-state index contributed by atoms with van der Waals surface area (Å²) in [6, 6.07) is 4.82. The van der Waals surface area contributed by atoms with E-state index in [1.807, 2.05) is 20.8 Å². The van der Waals surface area contributed by atoms with E-state index in [4.69, 9.17) is 0 Å². The molecule has 1 unspecified atom stereocenters. The molecule has 1 aromatic rings. The van der Waals surface area contributed by atoms with E-state index < -0.39 is 0 Å². The van der Waals surface area contributed by atoms with Gasteiger partial charge in [0.15, 0.2) is 0 Å². The van der Waals surface area contributed by atoms with Crippen LogP contribution in [0.15, 0.2) is 18.2 Å². The molecule has 1 aromatic carbocycles. The Kier molecular flexibility index (Phi) is 4.24. The topological polar surface area (TPSA) is 32.3 Å². The minimum Gasteiger partial charge on any atom is -0.394 e. The minimum absolute atomic E-state index is 0.0987. The fourth-order valence-electron chi connectivity index (χ4n) is 1.57. The Morgan fingerprint density at radius 3 is 2.60 bits per heavy atom. The van der Waals surface area contributed by atoms with Crippen molar-refractivity contribution in [3.05, 3.63) is 35.1 Å². The van der Waals surface area contributed by atoms with Crippen molar-refractivity contribution in [1.82, 2.24) is 5.32 Å². The molecule has 0 saturated heterocycles. The van der Waals surface area contributed by atoms with Crippen LogP contribution in [-0.2, 0) is 0 Å². The lowest BCUT2D eigenvalue weighted by Gasteiger charge is -2.20. The Hall–Kier alpha value is -0.930. The molecule has 0 aliphatic heterocycles. The second-order valence-electron chi connectivity index (χ2n) is 4.08. The third kappa shape index (κ3) is 3.29. The molecule has 0 amide bonds. The summed E-state index contributed by atoms with van der Waals surface area (Å²) in [5, 5.41) is 12.3. The first-order valence-electron chi connectivity index (χ1n) is 5.17. The maximum absolute atomic E-state index is 13.5. The lowest BCUT2D eigenvalue weighted by Crippen LogP contribution is -2.31. The van der Waals surface area contributed by atoms with Gasteiger partial charge in [-0.2, -0.15) is 0 Å². The summed E-state index contributed by atoms with van der Waals surface area (Å²) in [5.74, 6) is -0.271. The molecule has 1 rings (SSSR count). The lowest BCUT2D eigenvalue weighted by atomic mass is 10.0. The summed E-state index contributed by atoms with van der Waals surface area (Å²) in [4.78, 5) is 0. The molecule has 0 fully saturated rings. The number of hydrogen-bond donors (Lipinski definition) is 2. The van der Waals surface area contributed by atoms with Crippen LogP contribution in [0, 0.1) is 12.7 Å². The highest BCUT2D eigenvalue weighted by Gasteiger charge is 2.15. The van der Waals surface area contributed by atoms with Crippen molar-refractivity contribution in [1.29, 1.82) is 0 Å². The Bertz CT molecular complexity index is 325. The van der Waals surface area contributed by atoms with Gasteiger partial charge < -0.3 is 10.4 Å². The number of aliphatic hydroxyl groups excluding tert-OH is 1. The van der Waals surface area contributed by atoms with Crippen molar-refractivity contribution in [2.75, 3.05) is 6.61 Å². The molecule has 0 spiro atoms. The first kappa shape index (κ1) is 12.1. The second kappa shape index (κ2) is 5.24. The van der Waals surface area contributed by atoms with Crippen LogP contribution in [0.25, 0.3) is 0 Å². The zero-order chi connectivity index (χ0) is 11.4. The summed E-state index contributed by atoms with van der Waals surface area (Å²) in [6.45, 7) is 5.75. The standard InChI is InChI=1S/C12H18FNO/c1-8(2)14-12(7-15)10-6-9(3)4-5-11(10)13/h4-6,8,12,14-15H,7H2,1-3H3. The van der Waals surface area contributed by atoms with Crippen LogP contribution in [0.5, 0.6) is 0 Å². The van der Waals surface area contributed by atoms with Gasteiger partial charge in [0.2, 0.25) is 0 Å². The van der Waals surface area contributed by atoms with Crippen molar-refractivity contribution < 1.29 is 9.50 Å². The number of benzene rings is 1. The average Bonchev–Trinajstić information content (AvgIpc) is 2.18. The van der Waals surface area contributed by atoms with Crippen molar-refractivity contribution >= 4 is 0 Å². The van der Waals surface area contributed by atoms with Gasteiger partial charge in [-0.25, -0.2) is 4.39 Å². The second-order valence-corrected chi connectivity index (χ2v) is 4.08. The van der Waals surface area contributed by atoms with Crippen molar-refractivity contribution in [3.63, 3.8) is 0 Å². The van der Waals surface area contributed by atoms with Gasteiger partial charge in [0.25, 0.3) is 0 Å². The molecule has 2 nitrogen and oxygen atoms in total. The summed E-state index contributed by atoms with van der Waals surface area (Å²) in [5.41, 5.74) is 1.53. The molecule has 0 radical (unpaired) electrons. The van der Waals surface area contributed by atoms with Gasteiger partial charge in [0, 0.05) is 11.6 Å². The number of nitrogens with one attached hydrogen (secondary N) is 1. The predicted molar refractivity (Wildman–Crippen MR) is 59.2 cm³/mol. The minimum atomic E-state index is -0.329. The highest BCUT2D eigenvalue weighted by Crippen LogP contribution is 2.18. The van der Waals surface area contributed by atoms with Crippen LogP contribution in [0.3, 0.4) is 0 Å². The van der Waals surface area contributed by atoms with E-state index in [0.717, 1.165) is 5.56 Å². The largest absolute Gasteiger partial charge is 0.394 e.